The number of hydrogen-bond donors (Lipinski definition) is 1. The van der Waals surface area contributed by atoms with Crippen molar-refractivity contribution in [2.75, 3.05) is 0 Å². The van der Waals surface area contributed by atoms with Crippen LogP contribution in [0.15, 0.2) is 16.6 Å². The first-order valence-corrected chi connectivity index (χ1v) is 8.32. The van der Waals surface area contributed by atoms with E-state index in [9.17, 15) is 4.79 Å². The fourth-order valence-electron chi connectivity index (χ4n) is 2.44. The van der Waals surface area contributed by atoms with E-state index >= 15 is 0 Å². The molecule has 3 rings (SSSR count). The first-order chi connectivity index (χ1) is 9.75. The molecule has 2 aromatic rings. The predicted octanol–water partition coefficient (Wildman–Crippen LogP) is 2.84. The maximum absolute atomic E-state index is 11.1. The second-order valence-electron chi connectivity index (χ2n) is 4.71. The quantitative estimate of drug-likeness (QED) is 0.855. The van der Waals surface area contributed by atoms with Crippen LogP contribution in [-0.4, -0.2) is 31.3 Å². The van der Waals surface area contributed by atoms with Gasteiger partial charge in [-0.25, -0.2) is 9.48 Å². The van der Waals surface area contributed by atoms with Crippen molar-refractivity contribution in [1.29, 1.82) is 0 Å². The standard InChI is InChI=1S/C12H14N4O2S2/c17-11(18)10-8(5-6-19-10)7-20-12-13-14-15-16(12)9-3-1-2-4-9/h5-6,9H,1-4,7H2,(H,17,18). The van der Waals surface area contributed by atoms with Crippen molar-refractivity contribution in [3.05, 3.63) is 21.9 Å². The Bertz CT molecular complexity index is 604. The van der Waals surface area contributed by atoms with Gasteiger partial charge in [0.15, 0.2) is 0 Å². The summed E-state index contributed by atoms with van der Waals surface area (Å²) in [5.41, 5.74) is 0.827. The molecule has 0 saturated heterocycles. The number of thioether (sulfide) groups is 1. The zero-order valence-electron chi connectivity index (χ0n) is 10.7. The van der Waals surface area contributed by atoms with Gasteiger partial charge in [-0.1, -0.05) is 24.6 Å². The van der Waals surface area contributed by atoms with Crippen molar-refractivity contribution in [3.63, 3.8) is 0 Å². The van der Waals surface area contributed by atoms with Gasteiger partial charge in [0.1, 0.15) is 4.88 Å². The summed E-state index contributed by atoms with van der Waals surface area (Å²) in [4.78, 5) is 11.5. The van der Waals surface area contributed by atoms with Gasteiger partial charge in [0.05, 0.1) is 6.04 Å². The largest absolute Gasteiger partial charge is 0.477 e. The second kappa shape index (κ2) is 5.92. The lowest BCUT2D eigenvalue weighted by atomic mass is 10.3. The van der Waals surface area contributed by atoms with Gasteiger partial charge in [0.25, 0.3) is 0 Å². The summed E-state index contributed by atoms with van der Waals surface area (Å²) in [5, 5.41) is 23.6. The van der Waals surface area contributed by atoms with E-state index in [1.165, 1.54) is 35.9 Å². The normalized spacial score (nSPS) is 15.8. The lowest BCUT2D eigenvalue weighted by Gasteiger charge is -2.10. The van der Waals surface area contributed by atoms with Gasteiger partial charge in [-0.3, -0.25) is 0 Å². The number of carbonyl (C=O) groups is 1. The van der Waals surface area contributed by atoms with Crippen LogP contribution in [0.4, 0.5) is 0 Å². The maximum atomic E-state index is 11.1. The van der Waals surface area contributed by atoms with E-state index in [2.05, 4.69) is 15.5 Å². The zero-order chi connectivity index (χ0) is 13.9. The molecule has 1 saturated carbocycles. The summed E-state index contributed by atoms with van der Waals surface area (Å²) < 4.78 is 1.89. The molecule has 0 aromatic carbocycles. The summed E-state index contributed by atoms with van der Waals surface area (Å²) in [6, 6.07) is 2.25. The molecular weight excluding hydrogens is 296 g/mol. The highest BCUT2D eigenvalue weighted by atomic mass is 32.2. The van der Waals surface area contributed by atoms with Gasteiger partial charge < -0.3 is 5.11 Å². The summed E-state index contributed by atoms with van der Waals surface area (Å²) in [7, 11) is 0. The number of nitrogens with zero attached hydrogens (tertiary/aromatic N) is 4. The number of hydrogen-bond acceptors (Lipinski definition) is 6. The average molecular weight is 310 g/mol. The topological polar surface area (TPSA) is 80.9 Å². The molecule has 1 N–H and O–H groups in total. The third kappa shape index (κ3) is 2.71. The van der Waals surface area contributed by atoms with E-state index in [0.29, 0.717) is 16.7 Å². The van der Waals surface area contributed by atoms with Crippen LogP contribution in [0, 0.1) is 0 Å². The summed E-state index contributed by atoms with van der Waals surface area (Å²) in [5.74, 6) is -0.288. The molecule has 6 nitrogen and oxygen atoms in total. The fraction of sp³-hybridized carbons (Fsp3) is 0.500. The monoisotopic (exact) mass is 310 g/mol. The molecular formula is C12H14N4O2S2. The van der Waals surface area contributed by atoms with Crippen LogP contribution in [0.3, 0.4) is 0 Å². The number of carboxylic acid groups (broad SMARTS) is 1. The van der Waals surface area contributed by atoms with Crippen LogP contribution in [0.2, 0.25) is 0 Å². The number of carboxylic acids is 1. The highest BCUT2D eigenvalue weighted by molar-refractivity contribution is 7.98. The Balaban J connectivity index is 1.71. The van der Waals surface area contributed by atoms with Crippen molar-refractivity contribution >= 4 is 29.1 Å². The Morgan fingerprint density at radius 1 is 1.50 bits per heavy atom. The van der Waals surface area contributed by atoms with Crippen molar-refractivity contribution in [2.45, 2.75) is 42.6 Å². The Hall–Kier alpha value is -1.41. The van der Waals surface area contributed by atoms with Crippen LogP contribution in [-0.2, 0) is 5.75 Å². The Labute approximate surface area is 124 Å². The lowest BCUT2D eigenvalue weighted by molar-refractivity contribution is 0.0701. The fourth-order valence-corrected chi connectivity index (χ4v) is 4.23. The first-order valence-electron chi connectivity index (χ1n) is 6.46. The van der Waals surface area contributed by atoms with E-state index < -0.39 is 5.97 Å². The Kier molecular flexibility index (Phi) is 4.02. The molecule has 1 fully saturated rings. The van der Waals surface area contributed by atoms with E-state index in [-0.39, 0.29) is 0 Å². The molecule has 0 bridgehead atoms. The minimum atomic E-state index is -0.869. The van der Waals surface area contributed by atoms with Gasteiger partial charge in [-0.15, -0.1) is 16.4 Å². The van der Waals surface area contributed by atoms with Gasteiger partial charge in [0.2, 0.25) is 5.16 Å². The number of aromatic carboxylic acids is 1. The molecule has 2 aromatic heterocycles. The zero-order valence-corrected chi connectivity index (χ0v) is 12.4. The van der Waals surface area contributed by atoms with Crippen LogP contribution < -0.4 is 0 Å². The molecule has 0 radical (unpaired) electrons. The highest BCUT2D eigenvalue weighted by Crippen LogP contribution is 2.33. The summed E-state index contributed by atoms with van der Waals surface area (Å²) in [6.07, 6.45) is 4.69. The Morgan fingerprint density at radius 3 is 3.05 bits per heavy atom. The van der Waals surface area contributed by atoms with Crippen LogP contribution in [0.25, 0.3) is 0 Å². The predicted molar refractivity (Wildman–Crippen MR) is 76.2 cm³/mol. The van der Waals surface area contributed by atoms with Crippen LogP contribution in [0.1, 0.15) is 47.0 Å². The van der Waals surface area contributed by atoms with Gasteiger partial charge in [0, 0.05) is 5.75 Å². The van der Waals surface area contributed by atoms with Gasteiger partial charge in [-0.2, -0.15) is 0 Å². The highest BCUT2D eigenvalue weighted by Gasteiger charge is 2.22. The molecule has 2 heterocycles. The smallest absolute Gasteiger partial charge is 0.346 e. The molecule has 0 atom stereocenters. The molecule has 20 heavy (non-hydrogen) atoms. The van der Waals surface area contributed by atoms with Crippen molar-refractivity contribution in [3.8, 4) is 0 Å². The summed E-state index contributed by atoms with van der Waals surface area (Å²) >= 11 is 2.75. The molecule has 0 unspecified atom stereocenters. The first kappa shape index (κ1) is 13.6. The Morgan fingerprint density at radius 2 is 2.30 bits per heavy atom. The molecule has 106 valence electrons. The third-order valence-electron chi connectivity index (χ3n) is 3.43. The molecule has 1 aliphatic carbocycles. The van der Waals surface area contributed by atoms with E-state index in [1.807, 2.05) is 10.7 Å². The van der Waals surface area contributed by atoms with Crippen LogP contribution >= 0.6 is 23.1 Å². The number of tetrazole rings is 1. The van der Waals surface area contributed by atoms with E-state index in [1.54, 1.807) is 5.38 Å². The van der Waals surface area contributed by atoms with E-state index in [0.717, 1.165) is 23.6 Å². The lowest BCUT2D eigenvalue weighted by Crippen LogP contribution is -2.08. The molecule has 0 amide bonds. The third-order valence-corrected chi connectivity index (χ3v) is 5.36. The minimum absolute atomic E-state index is 0.397. The van der Waals surface area contributed by atoms with Crippen molar-refractivity contribution in [2.24, 2.45) is 0 Å². The molecule has 1 aliphatic rings. The van der Waals surface area contributed by atoms with Crippen molar-refractivity contribution < 1.29 is 9.90 Å². The molecule has 8 heteroatoms. The average Bonchev–Trinajstić information content (AvgIpc) is 3.16. The number of thiophene rings is 1. The number of rotatable bonds is 5. The van der Waals surface area contributed by atoms with E-state index in [4.69, 9.17) is 5.11 Å². The SMILES string of the molecule is O=C(O)c1sccc1CSc1nnnn1C1CCCC1. The summed E-state index contributed by atoms with van der Waals surface area (Å²) in [6.45, 7) is 0. The minimum Gasteiger partial charge on any atom is -0.477 e. The van der Waals surface area contributed by atoms with Gasteiger partial charge in [-0.05, 0) is 40.3 Å². The van der Waals surface area contributed by atoms with Gasteiger partial charge >= 0.3 is 5.97 Å². The number of aromatic nitrogens is 4. The van der Waals surface area contributed by atoms with Crippen molar-refractivity contribution in [1.82, 2.24) is 20.2 Å². The molecule has 0 aliphatic heterocycles. The second-order valence-corrected chi connectivity index (χ2v) is 6.57. The van der Waals surface area contributed by atoms with Crippen LogP contribution in [0.5, 0.6) is 0 Å². The maximum Gasteiger partial charge on any atom is 0.346 e. The molecule has 0 spiro atoms.